The molecule has 2 aliphatic heterocycles. The highest BCUT2D eigenvalue weighted by atomic mass is 16.6. The molecule has 0 spiro atoms. The summed E-state index contributed by atoms with van der Waals surface area (Å²) in [5, 5.41) is 17.6. The Morgan fingerprint density at radius 1 is 0.649 bits per heavy atom. The van der Waals surface area contributed by atoms with Gasteiger partial charge < -0.3 is 62.7 Å². The van der Waals surface area contributed by atoms with Gasteiger partial charge >= 0.3 is 6.09 Å². The Balaban J connectivity index is 0.000000764. The van der Waals surface area contributed by atoms with Crippen LogP contribution in [0.4, 0.5) is 4.79 Å². The summed E-state index contributed by atoms with van der Waals surface area (Å²) in [6.07, 6.45) is 1.19. The number of benzene rings is 5. The summed E-state index contributed by atoms with van der Waals surface area (Å²) < 4.78 is 11.6. The summed E-state index contributed by atoms with van der Waals surface area (Å²) in [7, 11) is 0. The van der Waals surface area contributed by atoms with Crippen LogP contribution in [0.5, 0.6) is 5.75 Å². The van der Waals surface area contributed by atoms with Crippen molar-refractivity contribution in [2.45, 2.75) is 88.4 Å². The van der Waals surface area contributed by atoms with E-state index in [0.29, 0.717) is 48.4 Å². The number of unbranched alkanes of at least 4 members (excludes halogenated alkanes) is 1. The lowest BCUT2D eigenvalue weighted by atomic mass is 10.0. The van der Waals surface area contributed by atoms with Crippen LogP contribution in [0.3, 0.4) is 0 Å². The molecule has 0 aliphatic carbocycles. The van der Waals surface area contributed by atoms with Crippen LogP contribution < -0.4 is 48.1 Å². The standard InChI is InChI=1S/C49H59N9O9.C9H9N/c50-23-11-10-18-38-44(60)55-39(26-33-19-21-36(22-20-33)66-31-34-14-6-2-7-15-34)45(61)56-40(27-32-12-4-1-5-13-32)48(64)58-30-37(67-49(65)52-25-24-51)28-41(58)46(62)57-43(35-16-8-3-9-17-35)47(63)53-29-42(59)54-38;1-7-6-10-9-5-3-2-4-8(7)9/h1-9,12-17,19-22,37-41,43H,10-11,18,23-31,50-51H2,(H,52,65)(H,53,63)(H,54,59)(H,55,60)(H,56,61)(H,57,62);2-6,10H,1H3/t37-,38?,39?,40?,41?,43?;/m1./s1. The van der Waals surface area contributed by atoms with Crippen molar-refractivity contribution in [1.29, 1.82) is 0 Å². The molecule has 0 radical (unpaired) electrons. The lowest BCUT2D eigenvalue weighted by Crippen LogP contribution is -2.60. The molecular weight excluding hydrogens is 981 g/mol. The summed E-state index contributed by atoms with van der Waals surface area (Å²) >= 11 is 0. The van der Waals surface area contributed by atoms with Crippen molar-refractivity contribution in [2.75, 3.05) is 32.7 Å². The van der Waals surface area contributed by atoms with Gasteiger partial charge in [0, 0.05) is 49.5 Å². The molecule has 0 bridgehead atoms. The average Bonchev–Trinajstić information content (AvgIpc) is 4.07. The van der Waals surface area contributed by atoms with E-state index in [9.17, 15) is 28.8 Å². The maximum atomic E-state index is 15.0. The largest absolute Gasteiger partial charge is 0.489 e. The van der Waals surface area contributed by atoms with Crippen molar-refractivity contribution in [1.82, 2.24) is 41.8 Å². The fourth-order valence-corrected chi connectivity index (χ4v) is 9.12. The minimum atomic E-state index is -1.33. The molecular formula is C58H68N10O9. The molecule has 19 heteroatoms. The summed E-state index contributed by atoms with van der Waals surface area (Å²) in [6, 6.07) is 35.9. The van der Waals surface area contributed by atoms with Crippen LogP contribution >= 0.6 is 0 Å². The Morgan fingerprint density at radius 2 is 1.27 bits per heavy atom. The number of hydrogen-bond acceptors (Lipinski definition) is 11. The predicted molar refractivity (Wildman–Crippen MR) is 291 cm³/mol. The van der Waals surface area contributed by atoms with Gasteiger partial charge in [-0.05, 0) is 78.7 Å². The van der Waals surface area contributed by atoms with Crippen LogP contribution in [-0.2, 0) is 53.0 Å². The second-order valence-corrected chi connectivity index (χ2v) is 18.9. The normalized spacial score (nSPS) is 20.4. The number of carbonyl (C=O) groups is 7. The first-order valence-electron chi connectivity index (χ1n) is 25.9. The van der Waals surface area contributed by atoms with Crippen molar-refractivity contribution < 1.29 is 43.0 Å². The molecule has 2 aliphatic rings. The Hall–Kier alpha value is -8.55. The number of nitrogens with two attached hydrogens (primary N) is 2. The molecule has 404 valence electrons. The maximum Gasteiger partial charge on any atom is 0.407 e. The van der Waals surface area contributed by atoms with Gasteiger partial charge in [0.2, 0.25) is 35.4 Å². The molecule has 19 nitrogen and oxygen atoms in total. The fourth-order valence-electron chi connectivity index (χ4n) is 9.12. The highest BCUT2D eigenvalue weighted by molar-refractivity contribution is 5.98. The van der Waals surface area contributed by atoms with E-state index >= 15 is 4.79 Å². The number of ether oxygens (including phenoxy) is 2. The first kappa shape index (κ1) is 56.2. The molecule has 6 aromatic rings. The van der Waals surface area contributed by atoms with E-state index < -0.39 is 84.4 Å². The Kier molecular flexibility index (Phi) is 20.7. The van der Waals surface area contributed by atoms with Crippen LogP contribution in [0.25, 0.3) is 10.9 Å². The molecule has 0 saturated carbocycles. The van der Waals surface area contributed by atoms with Gasteiger partial charge in [0.05, 0.1) is 13.1 Å². The highest BCUT2D eigenvalue weighted by Gasteiger charge is 2.45. The number of para-hydroxylation sites is 1. The molecule has 7 amide bonds. The van der Waals surface area contributed by atoms with Crippen LogP contribution in [0, 0.1) is 6.92 Å². The lowest BCUT2D eigenvalue weighted by Gasteiger charge is -2.31. The Morgan fingerprint density at radius 3 is 1.96 bits per heavy atom. The van der Waals surface area contributed by atoms with Crippen molar-refractivity contribution >= 4 is 52.4 Å². The van der Waals surface area contributed by atoms with Gasteiger partial charge in [-0.15, -0.1) is 0 Å². The molecule has 77 heavy (non-hydrogen) atoms. The number of rotatable bonds is 15. The van der Waals surface area contributed by atoms with Gasteiger partial charge in [0.25, 0.3) is 0 Å². The molecule has 5 unspecified atom stereocenters. The number of aromatic nitrogens is 1. The second-order valence-electron chi connectivity index (χ2n) is 18.9. The topological polar surface area (TPSA) is 281 Å². The van der Waals surface area contributed by atoms with Gasteiger partial charge in [-0.2, -0.15) is 0 Å². The number of hydrogen-bond donors (Lipinski definition) is 9. The van der Waals surface area contributed by atoms with Gasteiger partial charge in [-0.1, -0.05) is 121 Å². The van der Waals surface area contributed by atoms with E-state index in [4.69, 9.17) is 20.9 Å². The number of carbonyl (C=O) groups excluding carboxylic acids is 7. The number of aryl methyl sites for hydroxylation is 1. The van der Waals surface area contributed by atoms with Gasteiger partial charge in [0.1, 0.15) is 48.7 Å². The zero-order valence-electron chi connectivity index (χ0n) is 43.1. The number of alkyl carbamates (subject to hydrolysis) is 1. The maximum absolute atomic E-state index is 15.0. The molecule has 5 aromatic carbocycles. The van der Waals surface area contributed by atoms with Crippen LogP contribution in [0.1, 0.15) is 59.5 Å². The third kappa shape index (κ3) is 16.5. The van der Waals surface area contributed by atoms with Gasteiger partial charge in [-0.25, -0.2) is 4.79 Å². The number of aromatic amines is 1. The SMILES string of the molecule is Cc1c[nH]c2ccccc12.NCCCCC1NC(=O)CNC(=O)C(c2ccccc2)NC(=O)C2C[C@@H](OC(=O)NCCN)CN2C(=O)C(Cc2ccccc2)NC(=O)C(Cc2ccc(OCc3ccccc3)cc2)NC1=O. The first-order valence-corrected chi connectivity index (χ1v) is 25.9. The highest BCUT2D eigenvalue weighted by Crippen LogP contribution is 2.25. The van der Waals surface area contributed by atoms with E-state index in [1.54, 1.807) is 84.9 Å². The lowest BCUT2D eigenvalue weighted by molar-refractivity contribution is -0.142. The fraction of sp³-hybridized carbons (Fsp3) is 0.328. The second kappa shape index (κ2) is 28.4. The van der Waals surface area contributed by atoms with Crippen molar-refractivity contribution in [3.63, 3.8) is 0 Å². The van der Waals surface area contributed by atoms with Crippen LogP contribution in [0.15, 0.2) is 146 Å². The average molecular weight is 1050 g/mol. The third-order valence-electron chi connectivity index (χ3n) is 13.2. The van der Waals surface area contributed by atoms with E-state index in [2.05, 4.69) is 62.0 Å². The zero-order chi connectivity index (χ0) is 54.5. The minimum absolute atomic E-state index is 0.0281. The number of nitrogens with one attached hydrogen (secondary N) is 7. The molecule has 8 rings (SSSR count). The predicted octanol–water partition coefficient (Wildman–Crippen LogP) is 3.75. The minimum Gasteiger partial charge on any atom is -0.489 e. The zero-order valence-corrected chi connectivity index (χ0v) is 43.1. The molecule has 11 N–H and O–H groups in total. The van der Waals surface area contributed by atoms with E-state index in [1.165, 1.54) is 21.4 Å². The number of fused-ring (bicyclic) bond motifs is 2. The molecule has 6 atom stereocenters. The Labute approximate surface area is 447 Å². The van der Waals surface area contributed by atoms with Crippen LogP contribution in [-0.4, -0.2) is 114 Å². The smallest absolute Gasteiger partial charge is 0.407 e. The summed E-state index contributed by atoms with van der Waals surface area (Å²) in [5.41, 5.74) is 16.5. The third-order valence-corrected chi connectivity index (χ3v) is 13.2. The number of nitrogens with zero attached hydrogens (tertiary/aromatic N) is 1. The Bertz CT molecular complexity index is 2910. The first-order chi connectivity index (χ1) is 37.4. The number of H-pyrrole nitrogens is 1. The quantitative estimate of drug-likeness (QED) is 0.0668. The van der Waals surface area contributed by atoms with E-state index in [1.807, 2.05) is 42.6 Å². The number of amides is 7. The summed E-state index contributed by atoms with van der Waals surface area (Å²) in [5.74, 6) is -3.68. The molecule has 3 heterocycles. The molecule has 2 fully saturated rings. The van der Waals surface area contributed by atoms with Gasteiger partial charge in [-0.3, -0.25) is 28.8 Å². The van der Waals surface area contributed by atoms with Crippen molar-refractivity contribution in [3.8, 4) is 5.75 Å². The van der Waals surface area contributed by atoms with E-state index in [0.717, 1.165) is 5.56 Å². The summed E-state index contributed by atoms with van der Waals surface area (Å²) in [6.45, 7) is 2.24. The summed E-state index contributed by atoms with van der Waals surface area (Å²) in [4.78, 5) is 103. The van der Waals surface area contributed by atoms with E-state index in [-0.39, 0.29) is 45.3 Å². The monoisotopic (exact) mass is 1050 g/mol. The van der Waals surface area contributed by atoms with Crippen LogP contribution in [0.2, 0.25) is 0 Å². The van der Waals surface area contributed by atoms with Gasteiger partial charge in [0.15, 0.2) is 0 Å². The van der Waals surface area contributed by atoms with Crippen molar-refractivity contribution in [3.05, 3.63) is 174 Å². The molecule has 2 saturated heterocycles. The van der Waals surface area contributed by atoms with Crippen molar-refractivity contribution in [2.24, 2.45) is 11.5 Å². The molecule has 1 aromatic heterocycles.